The first-order chi connectivity index (χ1) is 14.6. The van der Waals surface area contributed by atoms with Gasteiger partial charge in [0, 0.05) is 26.8 Å². The molecule has 3 aromatic rings. The van der Waals surface area contributed by atoms with Gasteiger partial charge in [-0.1, -0.05) is 17.3 Å². The van der Waals surface area contributed by atoms with Crippen LogP contribution in [-0.2, 0) is 17.8 Å². The largest absolute Gasteiger partial charge is 0.381 e. The second-order valence-electron chi connectivity index (χ2n) is 7.03. The number of benzene rings is 1. The van der Waals surface area contributed by atoms with Gasteiger partial charge in [-0.25, -0.2) is 14.2 Å². The van der Waals surface area contributed by atoms with Crippen LogP contribution >= 0.6 is 0 Å². The monoisotopic (exact) mass is 414 g/mol. The lowest BCUT2D eigenvalue weighted by atomic mass is 10.0. The van der Waals surface area contributed by atoms with Gasteiger partial charge in [-0.2, -0.15) is 4.98 Å². The minimum atomic E-state index is -0.603. The van der Waals surface area contributed by atoms with Crippen LogP contribution in [0.15, 0.2) is 33.6 Å². The maximum absolute atomic E-state index is 13.1. The summed E-state index contributed by atoms with van der Waals surface area (Å²) in [5.41, 5.74) is 0.816. The van der Waals surface area contributed by atoms with E-state index in [1.807, 2.05) is 12.1 Å². The van der Waals surface area contributed by atoms with Crippen LogP contribution in [0.5, 0.6) is 0 Å². The summed E-state index contributed by atoms with van der Waals surface area (Å²) in [6.07, 6.45) is 1.76. The fourth-order valence-corrected chi connectivity index (χ4v) is 3.53. The zero-order chi connectivity index (χ0) is 21.1. The van der Waals surface area contributed by atoms with Crippen molar-refractivity contribution in [1.82, 2.24) is 29.9 Å². The van der Waals surface area contributed by atoms with Gasteiger partial charge >= 0.3 is 23.5 Å². The van der Waals surface area contributed by atoms with E-state index >= 15 is 0 Å². The smallest absolute Gasteiger partial charge is 0.337 e. The number of carbonyl (C=O) groups excluding carboxylic acids is 2. The molecular weight excluding hydrogens is 392 g/mol. The van der Waals surface area contributed by atoms with Gasteiger partial charge in [0.1, 0.15) is 0 Å². The maximum atomic E-state index is 13.1. The van der Waals surface area contributed by atoms with E-state index in [-0.39, 0.29) is 18.3 Å². The Morgan fingerprint density at radius 2 is 1.93 bits per heavy atom. The molecule has 0 spiro atoms. The number of nitrogens with one attached hydrogen (secondary N) is 2. The molecule has 1 aromatic carbocycles. The highest BCUT2D eigenvalue weighted by Crippen LogP contribution is 2.20. The Kier molecular flexibility index (Phi) is 5.61. The highest BCUT2D eigenvalue weighted by molar-refractivity contribution is 5.90. The first-order valence-electron chi connectivity index (χ1n) is 9.69. The lowest BCUT2D eigenvalue weighted by Gasteiger charge is -2.22. The van der Waals surface area contributed by atoms with E-state index in [9.17, 15) is 14.4 Å². The summed E-state index contributed by atoms with van der Waals surface area (Å²) >= 11 is 0. The topological polar surface area (TPSA) is 133 Å². The molecule has 0 unspecified atom stereocenters. The number of nitrogens with zero attached hydrogens (tertiary/aromatic N) is 4. The number of hydrogen-bond acceptors (Lipinski definition) is 7. The van der Waals surface area contributed by atoms with E-state index in [0.29, 0.717) is 36.7 Å². The number of para-hydroxylation sites is 2. The molecule has 1 aliphatic rings. The number of fused-ring (bicyclic) bond motifs is 1. The molecule has 0 atom stereocenters. The van der Waals surface area contributed by atoms with Gasteiger partial charge in [-0.3, -0.25) is 9.36 Å². The van der Waals surface area contributed by atoms with Gasteiger partial charge < -0.3 is 19.9 Å². The van der Waals surface area contributed by atoms with Crippen LogP contribution < -0.4 is 16.3 Å². The fraction of sp³-hybridized carbons (Fsp3) is 0.421. The number of carbonyl (C=O) groups is 2. The van der Waals surface area contributed by atoms with Crippen molar-refractivity contribution >= 4 is 23.0 Å². The van der Waals surface area contributed by atoms with Crippen LogP contribution in [-0.4, -0.2) is 51.5 Å². The molecule has 11 heteroatoms. The number of amides is 2. The Hall–Kier alpha value is -3.47. The number of aromatic nitrogens is 4. The van der Waals surface area contributed by atoms with E-state index in [1.165, 1.54) is 7.05 Å². The molecular formula is C19H22N6O5. The predicted octanol–water partition coefficient (Wildman–Crippen LogP) is 0.730. The lowest BCUT2D eigenvalue weighted by molar-refractivity contribution is 0.0613. The van der Waals surface area contributed by atoms with E-state index in [1.54, 1.807) is 16.7 Å². The second kappa shape index (κ2) is 8.49. The molecule has 3 heterocycles. The quantitative estimate of drug-likeness (QED) is 0.629. The summed E-state index contributed by atoms with van der Waals surface area (Å²) in [4.78, 5) is 41.3. The van der Waals surface area contributed by atoms with Gasteiger partial charge in [-0.15, -0.1) is 0 Å². The molecule has 2 amide bonds. The Bertz CT molecular complexity index is 1120. The number of rotatable bonds is 5. The van der Waals surface area contributed by atoms with E-state index in [2.05, 4.69) is 20.8 Å². The van der Waals surface area contributed by atoms with Gasteiger partial charge in [0.05, 0.1) is 17.6 Å². The normalized spacial score (nSPS) is 14.7. The van der Waals surface area contributed by atoms with Crippen LogP contribution in [0.4, 0.5) is 4.79 Å². The van der Waals surface area contributed by atoms with Crippen LogP contribution in [0.25, 0.3) is 11.0 Å². The van der Waals surface area contributed by atoms with Crippen molar-refractivity contribution in [3.63, 3.8) is 0 Å². The van der Waals surface area contributed by atoms with Crippen molar-refractivity contribution in [3.8, 4) is 0 Å². The Labute approximate surface area is 171 Å². The van der Waals surface area contributed by atoms with Gasteiger partial charge in [0.15, 0.2) is 5.82 Å². The minimum Gasteiger partial charge on any atom is -0.381 e. The van der Waals surface area contributed by atoms with Crippen LogP contribution in [0.2, 0.25) is 0 Å². The molecule has 30 heavy (non-hydrogen) atoms. The summed E-state index contributed by atoms with van der Waals surface area (Å²) in [6, 6.07) is 6.57. The van der Waals surface area contributed by atoms with Gasteiger partial charge in [0.25, 0.3) is 0 Å². The third-order valence-electron chi connectivity index (χ3n) is 5.11. The predicted molar refractivity (Wildman–Crippen MR) is 105 cm³/mol. The number of imidazole rings is 1. The second-order valence-corrected chi connectivity index (χ2v) is 7.03. The fourth-order valence-electron chi connectivity index (χ4n) is 3.53. The summed E-state index contributed by atoms with van der Waals surface area (Å²) in [7, 11) is 1.44. The molecule has 158 valence electrons. The average Bonchev–Trinajstić information content (AvgIpc) is 3.36. The molecule has 0 saturated carbocycles. The van der Waals surface area contributed by atoms with Crippen molar-refractivity contribution < 1.29 is 18.8 Å². The summed E-state index contributed by atoms with van der Waals surface area (Å²) in [6.45, 7) is 1.80. The van der Waals surface area contributed by atoms with Crippen molar-refractivity contribution in [1.29, 1.82) is 0 Å². The Morgan fingerprint density at radius 1 is 1.20 bits per heavy atom. The number of ether oxygens (including phenoxy) is 1. The van der Waals surface area contributed by atoms with E-state index in [0.717, 1.165) is 17.4 Å². The summed E-state index contributed by atoms with van der Waals surface area (Å²) in [5, 5.41) is 8.63. The molecule has 2 aromatic heterocycles. The molecule has 1 aliphatic heterocycles. The molecule has 0 aliphatic carbocycles. The van der Waals surface area contributed by atoms with Crippen LogP contribution in [0.3, 0.4) is 0 Å². The zero-order valence-corrected chi connectivity index (χ0v) is 16.5. The highest BCUT2D eigenvalue weighted by atomic mass is 16.5. The van der Waals surface area contributed by atoms with E-state index < -0.39 is 17.6 Å². The standard InChI is InChI=1S/C19H22N6O5/c1-20-16(26)17-22-15(23-30-17)10-21-18(27)25-14-5-3-2-4-13(14)24(19(25)28)11-12-6-8-29-9-7-12/h2-5,12H,6-11H2,1H3,(H,20,26)(H,21,27). The van der Waals surface area contributed by atoms with Gasteiger partial charge in [-0.05, 0) is 30.9 Å². The van der Waals surface area contributed by atoms with Crippen molar-refractivity contribution in [2.24, 2.45) is 5.92 Å². The highest BCUT2D eigenvalue weighted by Gasteiger charge is 2.22. The average molecular weight is 414 g/mol. The molecule has 4 rings (SSSR count). The maximum Gasteiger partial charge on any atom is 0.337 e. The first-order valence-corrected chi connectivity index (χ1v) is 9.69. The SMILES string of the molecule is CNC(=O)c1nc(CNC(=O)n2c(=O)n(CC3CCOCC3)c3ccccc32)no1. The van der Waals surface area contributed by atoms with Crippen molar-refractivity contribution in [2.45, 2.75) is 25.9 Å². The third kappa shape index (κ3) is 3.83. The van der Waals surface area contributed by atoms with E-state index in [4.69, 9.17) is 9.26 Å². The van der Waals surface area contributed by atoms with Gasteiger partial charge in [0.2, 0.25) is 0 Å². The number of hydrogen-bond donors (Lipinski definition) is 2. The Morgan fingerprint density at radius 3 is 2.67 bits per heavy atom. The van der Waals surface area contributed by atoms with Crippen molar-refractivity contribution in [3.05, 3.63) is 46.5 Å². The summed E-state index contributed by atoms with van der Waals surface area (Å²) in [5.74, 6) is -0.276. The third-order valence-corrected chi connectivity index (χ3v) is 5.11. The zero-order valence-electron chi connectivity index (χ0n) is 16.5. The first kappa shape index (κ1) is 19.8. The van der Waals surface area contributed by atoms with Crippen molar-refractivity contribution in [2.75, 3.05) is 20.3 Å². The van der Waals surface area contributed by atoms with Crippen LogP contribution in [0.1, 0.15) is 29.4 Å². The molecule has 0 radical (unpaired) electrons. The lowest BCUT2D eigenvalue weighted by Crippen LogP contribution is -2.37. The summed E-state index contributed by atoms with van der Waals surface area (Å²) < 4.78 is 13.0. The molecule has 0 bridgehead atoms. The Balaban J connectivity index is 1.56. The molecule has 1 saturated heterocycles. The van der Waals surface area contributed by atoms with Crippen LogP contribution in [0, 0.1) is 5.92 Å². The molecule has 11 nitrogen and oxygen atoms in total. The minimum absolute atomic E-state index is 0.0920. The molecule has 1 fully saturated rings. The molecule has 2 N–H and O–H groups in total.